The molecule has 0 spiro atoms. The van der Waals surface area contributed by atoms with Gasteiger partial charge in [-0.3, -0.25) is 14.4 Å². The van der Waals surface area contributed by atoms with Crippen molar-refractivity contribution in [1.29, 1.82) is 0 Å². The molecule has 0 bridgehead atoms. The Labute approximate surface area is 205 Å². The predicted octanol–water partition coefficient (Wildman–Crippen LogP) is 2.84. The molecule has 2 aromatic carbocycles. The van der Waals surface area contributed by atoms with Gasteiger partial charge in [-0.1, -0.05) is 36.4 Å². The highest BCUT2D eigenvalue weighted by molar-refractivity contribution is 5.99. The van der Waals surface area contributed by atoms with Gasteiger partial charge in [0, 0.05) is 24.4 Å². The smallest absolute Gasteiger partial charge is 0.276 e. The summed E-state index contributed by atoms with van der Waals surface area (Å²) in [7, 11) is 0. The summed E-state index contributed by atoms with van der Waals surface area (Å²) < 4.78 is 40.3. The molecule has 10 heteroatoms. The second-order valence-electron chi connectivity index (χ2n) is 8.74. The minimum atomic E-state index is -0.817. The van der Waals surface area contributed by atoms with Gasteiger partial charge in [-0.05, 0) is 18.6 Å². The van der Waals surface area contributed by atoms with Crippen LogP contribution in [0.2, 0.25) is 0 Å². The monoisotopic (exact) mass is 495 g/mol. The second kappa shape index (κ2) is 9.54. The van der Waals surface area contributed by atoms with Gasteiger partial charge in [-0.2, -0.15) is 0 Å². The third-order valence-electron chi connectivity index (χ3n) is 6.27. The molecular weight excluding hydrogens is 472 g/mol. The van der Waals surface area contributed by atoms with Crippen LogP contribution in [-0.2, 0) is 24.4 Å². The Morgan fingerprint density at radius 2 is 1.94 bits per heavy atom. The fraction of sp³-hybridized carbons (Fsp3) is 0.269. The normalized spacial score (nSPS) is 18.5. The number of halogens is 2. The van der Waals surface area contributed by atoms with Gasteiger partial charge >= 0.3 is 0 Å². The van der Waals surface area contributed by atoms with E-state index in [1.54, 1.807) is 4.90 Å². The van der Waals surface area contributed by atoms with E-state index in [4.69, 9.17) is 9.47 Å². The minimum absolute atomic E-state index is 0.0116. The minimum Gasteiger partial charge on any atom is -0.483 e. The van der Waals surface area contributed by atoms with Crippen molar-refractivity contribution in [2.24, 2.45) is 0 Å². The Morgan fingerprint density at radius 1 is 1.17 bits per heavy atom. The maximum atomic E-state index is 14.0. The van der Waals surface area contributed by atoms with Crippen molar-refractivity contribution in [3.63, 3.8) is 0 Å². The van der Waals surface area contributed by atoms with Crippen molar-refractivity contribution in [3.8, 4) is 5.75 Å². The van der Waals surface area contributed by atoms with Crippen molar-refractivity contribution < 1.29 is 27.8 Å². The quantitative estimate of drug-likeness (QED) is 0.568. The van der Waals surface area contributed by atoms with Crippen molar-refractivity contribution >= 4 is 11.8 Å². The molecule has 1 fully saturated rings. The molecule has 3 aromatic rings. The Hall–Kier alpha value is -4.05. The van der Waals surface area contributed by atoms with E-state index in [1.165, 1.54) is 16.8 Å². The van der Waals surface area contributed by atoms with Gasteiger partial charge in [0.05, 0.1) is 19.2 Å². The molecule has 1 N–H and O–H groups in total. The molecule has 5 rings (SSSR count). The summed E-state index contributed by atoms with van der Waals surface area (Å²) in [6.45, 7) is 2.17. The zero-order valence-corrected chi connectivity index (χ0v) is 19.4. The molecule has 1 saturated heterocycles. The highest BCUT2D eigenvalue weighted by Gasteiger charge is 2.43. The average molecular weight is 495 g/mol. The van der Waals surface area contributed by atoms with Gasteiger partial charge in [0.1, 0.15) is 23.8 Å². The van der Waals surface area contributed by atoms with Crippen LogP contribution in [0.5, 0.6) is 5.75 Å². The maximum Gasteiger partial charge on any atom is 0.276 e. The SMILES string of the molecule is CC1CO[C@H]2Cn3cc(C(=O)NCc4ccc(F)cc4F)c(=O)c(OCc4ccccc4)c3C(=O)N12. The van der Waals surface area contributed by atoms with Crippen molar-refractivity contribution in [2.75, 3.05) is 6.61 Å². The van der Waals surface area contributed by atoms with E-state index in [2.05, 4.69) is 5.32 Å². The van der Waals surface area contributed by atoms with E-state index < -0.39 is 35.1 Å². The molecule has 1 aromatic heterocycles. The number of carbonyl (C=O) groups is 2. The number of hydrogen-bond acceptors (Lipinski definition) is 5. The van der Waals surface area contributed by atoms with Gasteiger partial charge in [0.2, 0.25) is 5.43 Å². The van der Waals surface area contributed by atoms with Gasteiger partial charge in [0.25, 0.3) is 11.8 Å². The topological polar surface area (TPSA) is 89.9 Å². The Bertz CT molecular complexity index is 1390. The van der Waals surface area contributed by atoms with Crippen LogP contribution in [0.25, 0.3) is 0 Å². The van der Waals surface area contributed by atoms with Crippen LogP contribution in [0.3, 0.4) is 0 Å². The lowest BCUT2D eigenvalue weighted by Gasteiger charge is -2.34. The van der Waals surface area contributed by atoms with Gasteiger partial charge in [-0.15, -0.1) is 0 Å². The molecule has 2 amide bonds. The van der Waals surface area contributed by atoms with E-state index in [1.807, 2.05) is 37.3 Å². The Kier molecular flexibility index (Phi) is 6.27. The molecule has 8 nitrogen and oxygen atoms in total. The number of carbonyl (C=O) groups excluding carboxylic acids is 2. The fourth-order valence-corrected chi connectivity index (χ4v) is 4.42. The molecule has 2 aliphatic rings. The molecule has 3 heterocycles. The number of rotatable bonds is 6. The predicted molar refractivity (Wildman–Crippen MR) is 124 cm³/mol. The van der Waals surface area contributed by atoms with Crippen LogP contribution in [0.1, 0.15) is 38.9 Å². The number of ether oxygens (including phenoxy) is 2. The zero-order valence-electron chi connectivity index (χ0n) is 19.4. The van der Waals surface area contributed by atoms with Gasteiger partial charge in [0.15, 0.2) is 17.7 Å². The number of aromatic nitrogens is 1. The Morgan fingerprint density at radius 3 is 2.69 bits per heavy atom. The first-order valence-corrected chi connectivity index (χ1v) is 11.4. The van der Waals surface area contributed by atoms with E-state index in [0.717, 1.165) is 11.6 Å². The lowest BCUT2D eigenvalue weighted by Crippen LogP contribution is -2.49. The molecule has 2 atom stereocenters. The fourth-order valence-electron chi connectivity index (χ4n) is 4.42. The van der Waals surface area contributed by atoms with Crippen LogP contribution in [-0.4, -0.2) is 40.2 Å². The number of nitrogens with one attached hydrogen (secondary N) is 1. The summed E-state index contributed by atoms with van der Waals surface area (Å²) in [5.41, 5.74) is -0.144. The summed E-state index contributed by atoms with van der Waals surface area (Å²) in [4.78, 5) is 41.4. The van der Waals surface area contributed by atoms with Gasteiger partial charge < -0.3 is 24.3 Å². The highest BCUT2D eigenvalue weighted by atomic mass is 19.1. The number of amides is 2. The van der Waals surface area contributed by atoms with E-state index in [-0.39, 0.29) is 48.3 Å². The maximum absolute atomic E-state index is 14.0. The molecule has 186 valence electrons. The molecular formula is C26H23F2N3O5. The molecule has 0 aliphatic carbocycles. The number of hydrogen-bond donors (Lipinski definition) is 1. The third-order valence-corrected chi connectivity index (χ3v) is 6.27. The van der Waals surface area contributed by atoms with E-state index in [9.17, 15) is 23.2 Å². The van der Waals surface area contributed by atoms with Crippen LogP contribution >= 0.6 is 0 Å². The first-order chi connectivity index (χ1) is 17.3. The summed E-state index contributed by atoms with van der Waals surface area (Å²) in [5.74, 6) is -2.99. The molecule has 0 saturated carbocycles. The average Bonchev–Trinajstić information content (AvgIpc) is 3.24. The van der Waals surface area contributed by atoms with Crippen LogP contribution in [0.4, 0.5) is 8.78 Å². The number of nitrogens with zero attached hydrogens (tertiary/aromatic N) is 2. The summed E-state index contributed by atoms with van der Waals surface area (Å²) in [6, 6.07) is 11.9. The molecule has 36 heavy (non-hydrogen) atoms. The highest BCUT2D eigenvalue weighted by Crippen LogP contribution is 2.30. The number of pyridine rings is 1. The van der Waals surface area contributed by atoms with Crippen LogP contribution < -0.4 is 15.5 Å². The third kappa shape index (κ3) is 4.35. The lowest BCUT2D eigenvalue weighted by molar-refractivity contribution is 0.00603. The van der Waals surface area contributed by atoms with Crippen LogP contribution in [0.15, 0.2) is 59.5 Å². The summed E-state index contributed by atoms with van der Waals surface area (Å²) in [5, 5.41) is 2.49. The molecule has 1 unspecified atom stereocenters. The molecule has 0 radical (unpaired) electrons. The van der Waals surface area contributed by atoms with E-state index in [0.29, 0.717) is 12.7 Å². The summed E-state index contributed by atoms with van der Waals surface area (Å²) in [6.07, 6.45) is 0.763. The van der Waals surface area contributed by atoms with Crippen molar-refractivity contribution in [3.05, 3.63) is 99.0 Å². The first kappa shape index (κ1) is 23.7. The largest absolute Gasteiger partial charge is 0.483 e. The lowest BCUT2D eigenvalue weighted by atomic mass is 10.1. The summed E-state index contributed by atoms with van der Waals surface area (Å²) >= 11 is 0. The van der Waals surface area contributed by atoms with E-state index >= 15 is 0 Å². The Balaban J connectivity index is 1.50. The van der Waals surface area contributed by atoms with Crippen molar-refractivity contribution in [2.45, 2.75) is 38.9 Å². The first-order valence-electron chi connectivity index (χ1n) is 11.4. The standard InChI is InChI=1S/C26H23F2N3O5/c1-15-13-35-21-12-30-11-19(25(33)29-10-17-7-8-18(27)9-20(17)28)23(32)24(22(30)26(34)31(15)21)36-14-16-5-3-2-4-6-16/h2-9,11,15,21H,10,12-14H2,1H3,(H,29,33)/t15?,21-/m0/s1. The second-order valence-corrected chi connectivity index (χ2v) is 8.74. The zero-order chi connectivity index (χ0) is 25.4. The molecule has 2 aliphatic heterocycles. The van der Waals surface area contributed by atoms with Crippen molar-refractivity contribution in [1.82, 2.24) is 14.8 Å². The van der Waals surface area contributed by atoms with Gasteiger partial charge in [-0.25, -0.2) is 8.78 Å². The number of fused-ring (bicyclic) bond motifs is 2. The number of benzene rings is 2. The van der Waals surface area contributed by atoms with Crippen LogP contribution in [0, 0.1) is 11.6 Å².